The molecule has 1 aromatic rings. The lowest BCUT2D eigenvalue weighted by Crippen LogP contribution is -2.48. The third kappa shape index (κ3) is 3.84. The van der Waals surface area contributed by atoms with Gasteiger partial charge < -0.3 is 15.5 Å². The molecule has 0 aromatic heterocycles. The fraction of sp³-hybridized carbons (Fsp3) is 0.556. The number of hydrogen-bond donors (Lipinski definition) is 2. The number of amides is 1. The van der Waals surface area contributed by atoms with E-state index in [9.17, 15) is 4.79 Å². The zero-order chi connectivity index (χ0) is 16.1. The van der Waals surface area contributed by atoms with E-state index in [0.29, 0.717) is 6.04 Å². The van der Waals surface area contributed by atoms with Crippen molar-refractivity contribution < 1.29 is 4.79 Å². The number of anilines is 1. The SMILES string of the molecule is CN=C(NCC(=O)N1CCCc2ccccc21)NC1CCCC1. The molecule has 1 heterocycles. The second kappa shape index (κ2) is 7.49. The van der Waals surface area contributed by atoms with Crippen molar-refractivity contribution in [1.82, 2.24) is 10.6 Å². The van der Waals surface area contributed by atoms with Crippen LogP contribution in [-0.4, -0.2) is 38.0 Å². The summed E-state index contributed by atoms with van der Waals surface area (Å²) in [5.41, 5.74) is 2.32. The Bertz CT molecular complexity index is 578. The largest absolute Gasteiger partial charge is 0.354 e. The molecule has 1 aromatic carbocycles. The molecule has 0 bridgehead atoms. The Morgan fingerprint density at radius 3 is 2.83 bits per heavy atom. The molecule has 124 valence electrons. The molecule has 2 aliphatic rings. The summed E-state index contributed by atoms with van der Waals surface area (Å²) in [4.78, 5) is 18.7. The van der Waals surface area contributed by atoms with Crippen molar-refractivity contribution in [3.8, 4) is 0 Å². The van der Waals surface area contributed by atoms with Crippen LogP contribution in [0.25, 0.3) is 0 Å². The fourth-order valence-electron chi connectivity index (χ4n) is 3.51. The van der Waals surface area contributed by atoms with Gasteiger partial charge in [-0.25, -0.2) is 0 Å². The lowest BCUT2D eigenvalue weighted by atomic mass is 10.0. The Morgan fingerprint density at radius 2 is 2.04 bits per heavy atom. The van der Waals surface area contributed by atoms with E-state index in [4.69, 9.17) is 0 Å². The minimum Gasteiger partial charge on any atom is -0.354 e. The van der Waals surface area contributed by atoms with Crippen molar-refractivity contribution in [2.24, 2.45) is 4.99 Å². The van der Waals surface area contributed by atoms with Gasteiger partial charge in [0.05, 0.1) is 6.54 Å². The number of benzene rings is 1. The minimum atomic E-state index is 0.103. The quantitative estimate of drug-likeness (QED) is 0.663. The van der Waals surface area contributed by atoms with Crippen LogP contribution in [0.3, 0.4) is 0 Å². The van der Waals surface area contributed by atoms with Gasteiger partial charge in [-0.2, -0.15) is 0 Å². The van der Waals surface area contributed by atoms with Gasteiger partial charge in [0.2, 0.25) is 5.91 Å². The summed E-state index contributed by atoms with van der Waals surface area (Å²) in [5, 5.41) is 6.58. The number of nitrogens with zero attached hydrogens (tertiary/aromatic N) is 2. The van der Waals surface area contributed by atoms with Crippen molar-refractivity contribution in [2.45, 2.75) is 44.6 Å². The maximum atomic E-state index is 12.6. The highest BCUT2D eigenvalue weighted by molar-refractivity contribution is 5.98. The number of guanidine groups is 1. The van der Waals surface area contributed by atoms with Crippen molar-refractivity contribution >= 4 is 17.6 Å². The highest BCUT2D eigenvalue weighted by Gasteiger charge is 2.22. The topological polar surface area (TPSA) is 56.7 Å². The molecule has 0 radical (unpaired) electrons. The van der Waals surface area contributed by atoms with Gasteiger partial charge in [0.1, 0.15) is 0 Å². The summed E-state index contributed by atoms with van der Waals surface area (Å²) < 4.78 is 0. The molecular formula is C18H26N4O. The van der Waals surface area contributed by atoms with Gasteiger partial charge >= 0.3 is 0 Å². The van der Waals surface area contributed by atoms with Crippen LogP contribution in [0.15, 0.2) is 29.3 Å². The molecule has 5 heteroatoms. The van der Waals surface area contributed by atoms with Crippen LogP contribution >= 0.6 is 0 Å². The Balaban J connectivity index is 1.57. The lowest BCUT2D eigenvalue weighted by molar-refractivity contribution is -0.117. The summed E-state index contributed by atoms with van der Waals surface area (Å²) in [7, 11) is 1.75. The van der Waals surface area contributed by atoms with Crippen LogP contribution in [0, 0.1) is 0 Å². The number of fused-ring (bicyclic) bond motifs is 1. The lowest BCUT2D eigenvalue weighted by Gasteiger charge is -2.29. The van der Waals surface area contributed by atoms with Crippen molar-refractivity contribution in [1.29, 1.82) is 0 Å². The molecule has 2 N–H and O–H groups in total. The van der Waals surface area contributed by atoms with E-state index in [0.717, 1.165) is 31.0 Å². The molecule has 0 spiro atoms. The summed E-state index contributed by atoms with van der Waals surface area (Å²) in [5.74, 6) is 0.835. The molecule has 23 heavy (non-hydrogen) atoms. The van der Waals surface area contributed by atoms with E-state index in [1.54, 1.807) is 7.05 Å². The molecular weight excluding hydrogens is 288 g/mol. The first-order valence-corrected chi connectivity index (χ1v) is 8.63. The molecule has 3 rings (SSSR count). The van der Waals surface area contributed by atoms with Crippen LogP contribution in [0.1, 0.15) is 37.7 Å². The predicted octanol–water partition coefficient (Wildman–Crippen LogP) is 2.07. The average molecular weight is 314 g/mol. The van der Waals surface area contributed by atoms with E-state index in [2.05, 4.69) is 21.7 Å². The number of carbonyl (C=O) groups excluding carboxylic acids is 1. The number of nitrogens with one attached hydrogen (secondary N) is 2. The summed E-state index contributed by atoms with van der Waals surface area (Å²) in [6.07, 6.45) is 7.01. The summed E-state index contributed by atoms with van der Waals surface area (Å²) in [6, 6.07) is 8.68. The van der Waals surface area contributed by atoms with Gasteiger partial charge in [0.25, 0.3) is 0 Å². The first-order valence-electron chi connectivity index (χ1n) is 8.63. The predicted molar refractivity (Wildman–Crippen MR) is 93.9 cm³/mol. The van der Waals surface area contributed by atoms with E-state index in [-0.39, 0.29) is 12.5 Å². The molecule has 1 amide bonds. The maximum absolute atomic E-state index is 12.6. The number of hydrogen-bond acceptors (Lipinski definition) is 2. The van der Waals surface area contributed by atoms with Gasteiger partial charge in [-0.3, -0.25) is 9.79 Å². The van der Waals surface area contributed by atoms with Crippen LogP contribution in [0.5, 0.6) is 0 Å². The second-order valence-electron chi connectivity index (χ2n) is 6.33. The highest BCUT2D eigenvalue weighted by Crippen LogP contribution is 2.26. The zero-order valence-corrected chi connectivity index (χ0v) is 13.8. The Hall–Kier alpha value is -2.04. The monoisotopic (exact) mass is 314 g/mol. The minimum absolute atomic E-state index is 0.103. The van der Waals surface area contributed by atoms with Crippen molar-refractivity contribution in [3.63, 3.8) is 0 Å². The van der Waals surface area contributed by atoms with Gasteiger partial charge in [-0.1, -0.05) is 31.0 Å². The molecule has 5 nitrogen and oxygen atoms in total. The molecule has 1 aliphatic carbocycles. The smallest absolute Gasteiger partial charge is 0.246 e. The van der Waals surface area contributed by atoms with E-state index < -0.39 is 0 Å². The van der Waals surface area contributed by atoms with Gasteiger partial charge in [-0.05, 0) is 37.3 Å². The Morgan fingerprint density at radius 1 is 1.26 bits per heavy atom. The van der Waals surface area contributed by atoms with Crippen LogP contribution in [0.4, 0.5) is 5.69 Å². The number of para-hydroxylation sites is 1. The third-order valence-electron chi connectivity index (χ3n) is 4.74. The number of carbonyl (C=O) groups is 1. The summed E-state index contributed by atoms with van der Waals surface area (Å²) in [6.45, 7) is 1.08. The first-order chi connectivity index (χ1) is 11.3. The van der Waals surface area contributed by atoms with Gasteiger partial charge in [0, 0.05) is 25.3 Å². The van der Waals surface area contributed by atoms with Crippen LogP contribution in [-0.2, 0) is 11.2 Å². The van der Waals surface area contributed by atoms with Crippen molar-refractivity contribution in [2.75, 3.05) is 25.0 Å². The molecule has 1 aliphatic heterocycles. The van der Waals surface area contributed by atoms with Crippen LogP contribution < -0.4 is 15.5 Å². The summed E-state index contributed by atoms with van der Waals surface area (Å²) >= 11 is 0. The molecule has 0 saturated heterocycles. The molecule has 1 saturated carbocycles. The normalized spacial score (nSPS) is 18.7. The van der Waals surface area contributed by atoms with Gasteiger partial charge in [-0.15, -0.1) is 0 Å². The van der Waals surface area contributed by atoms with Crippen LogP contribution in [0.2, 0.25) is 0 Å². The third-order valence-corrected chi connectivity index (χ3v) is 4.74. The zero-order valence-electron chi connectivity index (χ0n) is 13.8. The fourth-order valence-corrected chi connectivity index (χ4v) is 3.51. The van der Waals surface area contributed by atoms with Gasteiger partial charge in [0.15, 0.2) is 5.96 Å². The Labute approximate surface area is 138 Å². The number of aliphatic imine (C=N–C) groups is 1. The van der Waals surface area contributed by atoms with E-state index in [1.165, 1.54) is 31.2 Å². The standard InChI is InChI=1S/C18H26N4O/c1-19-18(21-15-9-3-4-10-15)20-13-17(23)22-12-6-8-14-7-2-5-11-16(14)22/h2,5,7,11,15H,3-4,6,8-10,12-13H2,1H3,(H2,19,20,21). The maximum Gasteiger partial charge on any atom is 0.246 e. The number of rotatable bonds is 3. The van der Waals surface area contributed by atoms with E-state index in [1.807, 2.05) is 23.1 Å². The number of aryl methyl sites for hydroxylation is 1. The molecule has 0 atom stereocenters. The average Bonchev–Trinajstić information content (AvgIpc) is 3.10. The second-order valence-corrected chi connectivity index (χ2v) is 6.33. The Kier molecular flexibility index (Phi) is 5.16. The highest BCUT2D eigenvalue weighted by atomic mass is 16.2. The first kappa shape index (κ1) is 15.8. The molecule has 1 fully saturated rings. The molecule has 0 unspecified atom stereocenters. The van der Waals surface area contributed by atoms with Crippen molar-refractivity contribution in [3.05, 3.63) is 29.8 Å². The van der Waals surface area contributed by atoms with E-state index >= 15 is 0 Å².